The fourth-order valence-electron chi connectivity index (χ4n) is 2.08. The summed E-state index contributed by atoms with van der Waals surface area (Å²) in [6, 6.07) is 9.35. The summed E-state index contributed by atoms with van der Waals surface area (Å²) in [5, 5.41) is 10.3. The highest BCUT2D eigenvalue weighted by molar-refractivity contribution is 7.13. The Morgan fingerprint density at radius 2 is 2.17 bits per heavy atom. The lowest BCUT2D eigenvalue weighted by molar-refractivity contribution is 0.198. The van der Waals surface area contributed by atoms with Crippen LogP contribution in [0.5, 0.6) is 0 Å². The number of aryl methyl sites for hydroxylation is 1. The van der Waals surface area contributed by atoms with Crippen LogP contribution in [0.2, 0.25) is 0 Å². The molecule has 4 nitrogen and oxygen atoms in total. The summed E-state index contributed by atoms with van der Waals surface area (Å²) in [6.07, 6.45) is -0.973. The van der Waals surface area contributed by atoms with Crippen molar-refractivity contribution in [3.63, 3.8) is 0 Å². The fraction of sp³-hybridized carbons (Fsp3) is 0.0769. The van der Waals surface area contributed by atoms with E-state index in [1.54, 1.807) is 5.51 Å². The largest absolute Gasteiger partial charge is 0.464 e. The summed E-state index contributed by atoms with van der Waals surface area (Å²) in [6.45, 7) is 1.88. The normalized spacial score (nSPS) is 10.9. The minimum Gasteiger partial charge on any atom is -0.464 e. The van der Waals surface area contributed by atoms with Gasteiger partial charge in [-0.25, -0.2) is 14.3 Å². The Balaban J connectivity index is 2.39. The van der Waals surface area contributed by atoms with Crippen LogP contribution in [0.15, 0.2) is 35.8 Å². The Hall–Kier alpha value is -2.14. The molecule has 0 radical (unpaired) electrons. The van der Waals surface area contributed by atoms with Crippen LogP contribution in [-0.2, 0) is 0 Å². The minimum atomic E-state index is -0.973. The van der Waals surface area contributed by atoms with Crippen molar-refractivity contribution in [3.05, 3.63) is 41.5 Å². The number of rotatable bonds is 1. The number of benzene rings is 1. The van der Waals surface area contributed by atoms with E-state index in [-0.39, 0.29) is 0 Å². The molecule has 0 spiro atoms. The van der Waals surface area contributed by atoms with Crippen molar-refractivity contribution in [3.8, 4) is 10.6 Å². The van der Waals surface area contributed by atoms with Crippen LogP contribution in [0.3, 0.4) is 0 Å². The standard InChI is InChI=1S/C13H10N2O2S/c1-8-12(18-7-14-8)11-6-9-4-2-3-5-10(9)15(11)13(16)17/h2-7H,1H3,(H,16,17). The highest BCUT2D eigenvalue weighted by Crippen LogP contribution is 2.32. The summed E-state index contributed by atoms with van der Waals surface area (Å²) >= 11 is 1.45. The molecule has 2 heterocycles. The molecule has 0 bridgehead atoms. The van der Waals surface area contributed by atoms with Crippen LogP contribution in [-0.4, -0.2) is 20.8 Å². The van der Waals surface area contributed by atoms with E-state index in [2.05, 4.69) is 4.98 Å². The molecule has 0 atom stereocenters. The van der Waals surface area contributed by atoms with Crippen molar-refractivity contribution in [2.45, 2.75) is 6.92 Å². The summed E-state index contributed by atoms with van der Waals surface area (Å²) in [7, 11) is 0. The molecule has 0 unspecified atom stereocenters. The van der Waals surface area contributed by atoms with Crippen LogP contribution in [0, 0.1) is 6.92 Å². The number of para-hydroxylation sites is 1. The molecule has 5 heteroatoms. The molecule has 0 aliphatic rings. The van der Waals surface area contributed by atoms with Crippen LogP contribution < -0.4 is 0 Å². The van der Waals surface area contributed by atoms with Crippen LogP contribution in [0.4, 0.5) is 4.79 Å². The minimum absolute atomic E-state index is 0.684. The molecule has 2 aromatic heterocycles. The predicted octanol–water partition coefficient (Wildman–Crippen LogP) is 3.60. The molecule has 1 N–H and O–H groups in total. The SMILES string of the molecule is Cc1ncsc1-c1cc2ccccc2n1C(=O)O. The molecular formula is C13H10N2O2S. The van der Waals surface area contributed by atoms with Crippen LogP contribution in [0.1, 0.15) is 5.69 Å². The molecule has 0 saturated carbocycles. The number of aromatic nitrogens is 2. The summed E-state index contributed by atoms with van der Waals surface area (Å²) in [5.74, 6) is 0. The first kappa shape index (κ1) is 11.0. The second-order valence-corrected chi connectivity index (χ2v) is 4.83. The monoisotopic (exact) mass is 258 g/mol. The lowest BCUT2D eigenvalue weighted by atomic mass is 10.2. The Labute approximate surface area is 107 Å². The number of nitrogens with zero attached hydrogens (tertiary/aromatic N) is 2. The number of carbonyl (C=O) groups is 1. The third kappa shape index (κ3) is 1.52. The van der Waals surface area contributed by atoms with Crippen LogP contribution >= 0.6 is 11.3 Å². The molecule has 18 heavy (non-hydrogen) atoms. The zero-order valence-electron chi connectivity index (χ0n) is 9.62. The van der Waals surface area contributed by atoms with E-state index in [1.807, 2.05) is 37.3 Å². The van der Waals surface area contributed by atoms with Gasteiger partial charge in [0.2, 0.25) is 0 Å². The first-order valence-corrected chi connectivity index (χ1v) is 6.30. The van der Waals surface area contributed by atoms with Gasteiger partial charge in [0, 0.05) is 5.39 Å². The number of hydrogen-bond acceptors (Lipinski definition) is 3. The number of thiazole rings is 1. The summed E-state index contributed by atoms with van der Waals surface area (Å²) < 4.78 is 1.32. The van der Waals surface area contributed by atoms with E-state index >= 15 is 0 Å². The zero-order valence-corrected chi connectivity index (χ0v) is 10.4. The lowest BCUT2D eigenvalue weighted by Crippen LogP contribution is -2.08. The van der Waals surface area contributed by atoms with E-state index in [0.29, 0.717) is 11.2 Å². The van der Waals surface area contributed by atoms with E-state index in [9.17, 15) is 9.90 Å². The van der Waals surface area contributed by atoms with Gasteiger partial charge in [-0.2, -0.15) is 0 Å². The number of hydrogen-bond donors (Lipinski definition) is 1. The Morgan fingerprint density at radius 1 is 1.39 bits per heavy atom. The van der Waals surface area contributed by atoms with Gasteiger partial charge in [0.05, 0.1) is 27.3 Å². The molecule has 0 aliphatic heterocycles. The van der Waals surface area contributed by atoms with Crippen molar-refractivity contribution in [1.29, 1.82) is 0 Å². The van der Waals surface area contributed by atoms with Crippen molar-refractivity contribution in [2.24, 2.45) is 0 Å². The highest BCUT2D eigenvalue weighted by Gasteiger charge is 2.17. The maximum absolute atomic E-state index is 11.5. The van der Waals surface area contributed by atoms with Gasteiger partial charge in [-0.1, -0.05) is 18.2 Å². The zero-order chi connectivity index (χ0) is 12.7. The van der Waals surface area contributed by atoms with Gasteiger partial charge in [-0.3, -0.25) is 0 Å². The van der Waals surface area contributed by atoms with Gasteiger partial charge in [0.15, 0.2) is 0 Å². The smallest absolute Gasteiger partial charge is 0.416 e. The summed E-state index contributed by atoms with van der Waals surface area (Å²) in [5.41, 5.74) is 3.97. The van der Waals surface area contributed by atoms with E-state index in [4.69, 9.17) is 0 Å². The van der Waals surface area contributed by atoms with Gasteiger partial charge in [-0.15, -0.1) is 11.3 Å². The average molecular weight is 258 g/mol. The fourth-order valence-corrected chi connectivity index (χ4v) is 2.89. The van der Waals surface area contributed by atoms with E-state index in [0.717, 1.165) is 16.0 Å². The maximum Gasteiger partial charge on any atom is 0.416 e. The molecule has 90 valence electrons. The van der Waals surface area contributed by atoms with Gasteiger partial charge in [0.25, 0.3) is 0 Å². The van der Waals surface area contributed by atoms with Crippen LogP contribution in [0.25, 0.3) is 21.5 Å². The Morgan fingerprint density at radius 3 is 2.83 bits per heavy atom. The topological polar surface area (TPSA) is 55.1 Å². The van der Waals surface area contributed by atoms with E-state index < -0.39 is 6.09 Å². The third-order valence-corrected chi connectivity index (χ3v) is 3.83. The third-order valence-electron chi connectivity index (χ3n) is 2.88. The highest BCUT2D eigenvalue weighted by atomic mass is 32.1. The molecule has 1 aromatic carbocycles. The molecule has 0 fully saturated rings. The van der Waals surface area contributed by atoms with Gasteiger partial charge >= 0.3 is 6.09 Å². The summed E-state index contributed by atoms with van der Waals surface area (Å²) in [4.78, 5) is 16.5. The van der Waals surface area contributed by atoms with Crippen molar-refractivity contribution in [1.82, 2.24) is 9.55 Å². The second kappa shape index (κ2) is 3.96. The molecule has 3 rings (SSSR count). The molecule has 0 aliphatic carbocycles. The number of fused-ring (bicyclic) bond motifs is 1. The molecule has 0 amide bonds. The first-order valence-electron chi connectivity index (χ1n) is 5.42. The van der Waals surface area contributed by atoms with E-state index in [1.165, 1.54) is 15.9 Å². The average Bonchev–Trinajstić information content (AvgIpc) is 2.91. The second-order valence-electron chi connectivity index (χ2n) is 3.97. The number of carboxylic acid groups (broad SMARTS) is 1. The first-order chi connectivity index (χ1) is 8.68. The van der Waals surface area contributed by atoms with Gasteiger partial charge < -0.3 is 5.11 Å². The maximum atomic E-state index is 11.5. The predicted molar refractivity (Wildman–Crippen MR) is 71.2 cm³/mol. The lowest BCUT2D eigenvalue weighted by Gasteiger charge is -2.03. The molecule has 0 saturated heterocycles. The Kier molecular flexibility index (Phi) is 2.41. The molecular weight excluding hydrogens is 248 g/mol. The van der Waals surface area contributed by atoms with Gasteiger partial charge in [-0.05, 0) is 19.1 Å². The van der Waals surface area contributed by atoms with Crippen molar-refractivity contribution in [2.75, 3.05) is 0 Å². The van der Waals surface area contributed by atoms with Crippen molar-refractivity contribution >= 4 is 28.3 Å². The quantitative estimate of drug-likeness (QED) is 0.725. The van der Waals surface area contributed by atoms with Crippen molar-refractivity contribution < 1.29 is 9.90 Å². The molecule has 3 aromatic rings. The Bertz CT molecular complexity index is 742. The van der Waals surface area contributed by atoms with Gasteiger partial charge in [0.1, 0.15) is 0 Å².